The Kier molecular flexibility index (Phi) is 5.45. The minimum atomic E-state index is -3.68. The summed E-state index contributed by atoms with van der Waals surface area (Å²) in [6.07, 6.45) is 1.02. The summed E-state index contributed by atoms with van der Waals surface area (Å²) in [6, 6.07) is 13.6. The molecule has 2 aromatic rings. The molecule has 1 N–H and O–H groups in total. The van der Waals surface area contributed by atoms with Crippen LogP contribution in [0.5, 0.6) is 0 Å². The van der Waals surface area contributed by atoms with E-state index in [0.29, 0.717) is 11.3 Å². The maximum atomic E-state index is 12.3. The quantitative estimate of drug-likeness (QED) is 0.890. The number of aryl methyl sites for hydroxylation is 2. The SMILES string of the molecule is Cc1ccc(NC(=O)CN(c2cccc(C#N)c2)S(C)(=O)=O)cc1C. The molecule has 2 rings (SSSR count). The monoisotopic (exact) mass is 357 g/mol. The molecule has 0 radical (unpaired) electrons. The van der Waals surface area contributed by atoms with E-state index in [1.165, 1.54) is 6.07 Å². The molecule has 130 valence electrons. The van der Waals surface area contributed by atoms with Gasteiger partial charge in [-0.05, 0) is 55.3 Å². The lowest BCUT2D eigenvalue weighted by atomic mass is 10.1. The number of hydrogen-bond donors (Lipinski definition) is 1. The first-order valence-corrected chi connectivity index (χ1v) is 9.40. The largest absolute Gasteiger partial charge is 0.325 e. The molecular formula is C18H19N3O3S. The van der Waals surface area contributed by atoms with Crippen molar-refractivity contribution < 1.29 is 13.2 Å². The van der Waals surface area contributed by atoms with Crippen molar-refractivity contribution in [2.24, 2.45) is 0 Å². The number of nitrogens with zero attached hydrogens (tertiary/aromatic N) is 2. The van der Waals surface area contributed by atoms with Crippen molar-refractivity contribution in [3.8, 4) is 6.07 Å². The maximum absolute atomic E-state index is 12.3. The minimum Gasteiger partial charge on any atom is -0.325 e. The molecule has 25 heavy (non-hydrogen) atoms. The van der Waals surface area contributed by atoms with Crippen molar-refractivity contribution in [3.05, 3.63) is 59.2 Å². The predicted molar refractivity (Wildman–Crippen MR) is 97.9 cm³/mol. The maximum Gasteiger partial charge on any atom is 0.245 e. The number of nitriles is 1. The van der Waals surface area contributed by atoms with Crippen LogP contribution in [0.15, 0.2) is 42.5 Å². The van der Waals surface area contributed by atoms with Crippen LogP contribution in [0.1, 0.15) is 16.7 Å². The summed E-state index contributed by atoms with van der Waals surface area (Å²) in [4.78, 5) is 12.3. The van der Waals surface area contributed by atoms with Crippen LogP contribution < -0.4 is 9.62 Å². The third-order valence-electron chi connectivity index (χ3n) is 3.74. The molecule has 0 aliphatic carbocycles. The van der Waals surface area contributed by atoms with Crippen LogP contribution in [0.4, 0.5) is 11.4 Å². The van der Waals surface area contributed by atoms with Gasteiger partial charge in [-0.25, -0.2) is 8.42 Å². The molecular weight excluding hydrogens is 338 g/mol. The van der Waals surface area contributed by atoms with Crippen LogP contribution >= 0.6 is 0 Å². The number of benzene rings is 2. The van der Waals surface area contributed by atoms with E-state index >= 15 is 0 Å². The number of sulfonamides is 1. The van der Waals surface area contributed by atoms with E-state index < -0.39 is 15.9 Å². The van der Waals surface area contributed by atoms with E-state index in [4.69, 9.17) is 5.26 Å². The fraction of sp³-hybridized carbons (Fsp3) is 0.222. The van der Waals surface area contributed by atoms with E-state index in [2.05, 4.69) is 5.32 Å². The molecule has 6 nitrogen and oxygen atoms in total. The van der Waals surface area contributed by atoms with Gasteiger partial charge in [0.15, 0.2) is 0 Å². The molecule has 2 aromatic carbocycles. The molecule has 0 heterocycles. The molecule has 7 heteroatoms. The first kappa shape index (κ1) is 18.5. The summed E-state index contributed by atoms with van der Waals surface area (Å²) < 4.78 is 25.1. The molecule has 0 atom stereocenters. The first-order chi connectivity index (χ1) is 11.7. The van der Waals surface area contributed by atoms with Crippen molar-refractivity contribution >= 4 is 27.3 Å². The number of amides is 1. The van der Waals surface area contributed by atoms with Gasteiger partial charge in [-0.3, -0.25) is 9.10 Å². The van der Waals surface area contributed by atoms with Crippen LogP contribution in [0, 0.1) is 25.2 Å². The number of rotatable bonds is 5. The van der Waals surface area contributed by atoms with E-state index in [9.17, 15) is 13.2 Å². The summed E-state index contributed by atoms with van der Waals surface area (Å²) in [5.41, 5.74) is 3.33. The number of carbonyl (C=O) groups excluding carboxylic acids is 1. The third kappa shape index (κ3) is 4.81. The standard InChI is InChI=1S/C18H19N3O3S/c1-13-7-8-16(9-14(13)2)20-18(22)12-21(25(3,23)24)17-6-4-5-15(10-17)11-19/h4-10H,12H2,1-3H3,(H,20,22). The van der Waals surface area contributed by atoms with Crippen molar-refractivity contribution in [2.75, 3.05) is 22.4 Å². The highest BCUT2D eigenvalue weighted by Gasteiger charge is 2.21. The molecule has 1 amide bonds. The Hall–Kier alpha value is -2.85. The molecule has 0 aromatic heterocycles. The smallest absolute Gasteiger partial charge is 0.245 e. The average Bonchev–Trinajstić information content (AvgIpc) is 2.55. The van der Waals surface area contributed by atoms with Gasteiger partial charge >= 0.3 is 0 Å². The molecule has 0 spiro atoms. The second-order valence-electron chi connectivity index (χ2n) is 5.78. The van der Waals surface area contributed by atoms with E-state index in [1.54, 1.807) is 24.3 Å². The van der Waals surface area contributed by atoms with Crippen molar-refractivity contribution in [2.45, 2.75) is 13.8 Å². The van der Waals surface area contributed by atoms with E-state index in [1.807, 2.05) is 32.0 Å². The number of anilines is 2. The lowest BCUT2D eigenvalue weighted by Crippen LogP contribution is -2.37. The van der Waals surface area contributed by atoms with Gasteiger partial charge in [-0.15, -0.1) is 0 Å². The average molecular weight is 357 g/mol. The summed E-state index contributed by atoms with van der Waals surface area (Å²) in [5, 5.41) is 11.7. The number of hydrogen-bond acceptors (Lipinski definition) is 4. The Morgan fingerprint density at radius 1 is 1.16 bits per heavy atom. The van der Waals surface area contributed by atoms with Crippen LogP contribution in [0.3, 0.4) is 0 Å². The van der Waals surface area contributed by atoms with Gasteiger partial charge in [0.05, 0.1) is 23.6 Å². The second-order valence-corrected chi connectivity index (χ2v) is 7.69. The Labute approximate surface area is 147 Å². The van der Waals surface area contributed by atoms with Crippen LogP contribution in [0.2, 0.25) is 0 Å². The molecule has 0 aliphatic rings. The Morgan fingerprint density at radius 2 is 1.88 bits per heavy atom. The number of carbonyl (C=O) groups is 1. The highest BCUT2D eigenvalue weighted by atomic mass is 32.2. The molecule has 0 saturated carbocycles. The van der Waals surface area contributed by atoms with E-state index in [0.717, 1.165) is 21.7 Å². The van der Waals surface area contributed by atoms with Gasteiger partial charge in [0.1, 0.15) is 6.54 Å². The summed E-state index contributed by atoms with van der Waals surface area (Å²) in [6.45, 7) is 3.52. The van der Waals surface area contributed by atoms with Gasteiger partial charge in [-0.2, -0.15) is 5.26 Å². The molecule has 0 saturated heterocycles. The van der Waals surface area contributed by atoms with Gasteiger partial charge < -0.3 is 5.32 Å². The van der Waals surface area contributed by atoms with Gasteiger partial charge in [0.25, 0.3) is 0 Å². The fourth-order valence-electron chi connectivity index (χ4n) is 2.28. The van der Waals surface area contributed by atoms with Crippen LogP contribution in [0.25, 0.3) is 0 Å². The summed E-state index contributed by atoms with van der Waals surface area (Å²) in [5.74, 6) is -0.462. The highest BCUT2D eigenvalue weighted by Crippen LogP contribution is 2.19. The molecule has 0 bridgehead atoms. The van der Waals surface area contributed by atoms with Gasteiger partial charge in [0, 0.05) is 5.69 Å². The lowest BCUT2D eigenvalue weighted by molar-refractivity contribution is -0.114. The number of nitrogens with one attached hydrogen (secondary N) is 1. The zero-order valence-electron chi connectivity index (χ0n) is 14.3. The first-order valence-electron chi connectivity index (χ1n) is 7.55. The molecule has 0 fully saturated rings. The molecule has 0 aliphatic heterocycles. The normalized spacial score (nSPS) is 10.8. The van der Waals surface area contributed by atoms with Crippen molar-refractivity contribution in [1.29, 1.82) is 5.26 Å². The Morgan fingerprint density at radius 3 is 2.48 bits per heavy atom. The van der Waals surface area contributed by atoms with Gasteiger partial charge in [0.2, 0.25) is 15.9 Å². The van der Waals surface area contributed by atoms with E-state index in [-0.39, 0.29) is 12.2 Å². The fourth-order valence-corrected chi connectivity index (χ4v) is 3.13. The summed E-state index contributed by atoms with van der Waals surface area (Å²) >= 11 is 0. The Balaban J connectivity index is 2.23. The second kappa shape index (κ2) is 7.36. The summed E-state index contributed by atoms with van der Waals surface area (Å²) in [7, 11) is -3.68. The van der Waals surface area contributed by atoms with Crippen molar-refractivity contribution in [1.82, 2.24) is 0 Å². The van der Waals surface area contributed by atoms with Gasteiger partial charge in [-0.1, -0.05) is 12.1 Å². The van der Waals surface area contributed by atoms with Crippen LogP contribution in [-0.4, -0.2) is 27.1 Å². The van der Waals surface area contributed by atoms with Crippen LogP contribution in [-0.2, 0) is 14.8 Å². The Bertz CT molecular complexity index is 946. The topological polar surface area (TPSA) is 90.3 Å². The molecule has 0 unspecified atom stereocenters. The third-order valence-corrected chi connectivity index (χ3v) is 4.88. The minimum absolute atomic E-state index is 0.275. The predicted octanol–water partition coefficient (Wildman–Crippen LogP) is 2.58. The van der Waals surface area contributed by atoms with Crippen molar-refractivity contribution in [3.63, 3.8) is 0 Å². The lowest BCUT2D eigenvalue weighted by Gasteiger charge is -2.22. The zero-order valence-corrected chi connectivity index (χ0v) is 15.1. The zero-order chi connectivity index (χ0) is 18.6. The highest BCUT2D eigenvalue weighted by molar-refractivity contribution is 7.92.